The maximum atomic E-state index is 13.3. The molecule has 12 heteroatoms. The number of amides is 2. The number of aromatic carboxylic acids is 1. The second-order valence-electron chi connectivity index (χ2n) is 9.83. The lowest BCUT2D eigenvalue weighted by molar-refractivity contribution is -0.137. The van der Waals surface area contributed by atoms with Crippen LogP contribution in [0, 0.1) is 0 Å². The van der Waals surface area contributed by atoms with Gasteiger partial charge >= 0.3 is 12.1 Å². The van der Waals surface area contributed by atoms with Crippen molar-refractivity contribution in [3.05, 3.63) is 87.9 Å². The van der Waals surface area contributed by atoms with Gasteiger partial charge in [-0.3, -0.25) is 9.59 Å². The van der Waals surface area contributed by atoms with Crippen LogP contribution in [0.5, 0.6) is 0 Å². The summed E-state index contributed by atoms with van der Waals surface area (Å²) in [6.07, 6.45) is -3.98. The molecule has 4 N–H and O–H groups in total. The van der Waals surface area contributed by atoms with Crippen LogP contribution in [0.1, 0.15) is 50.0 Å². The van der Waals surface area contributed by atoms with E-state index in [1.54, 1.807) is 41.3 Å². The molecule has 1 fully saturated rings. The highest BCUT2D eigenvalue weighted by Crippen LogP contribution is 2.34. The number of piperazine rings is 1. The molecule has 0 spiro atoms. The molecule has 4 rings (SSSR count). The quantitative estimate of drug-likeness (QED) is 0.328. The van der Waals surface area contributed by atoms with Gasteiger partial charge in [-0.2, -0.15) is 13.2 Å². The monoisotopic (exact) mass is 602 g/mol. The molecule has 0 aliphatic carbocycles. The number of alkyl halides is 3. The summed E-state index contributed by atoms with van der Waals surface area (Å²) >= 11 is 6.09. The van der Waals surface area contributed by atoms with Gasteiger partial charge < -0.3 is 26.0 Å². The molecule has 0 bridgehead atoms. The number of carbonyl (C=O) groups is 3. The van der Waals surface area contributed by atoms with Crippen LogP contribution >= 0.6 is 11.6 Å². The minimum absolute atomic E-state index is 0.0173. The first-order valence-corrected chi connectivity index (χ1v) is 13.7. The van der Waals surface area contributed by atoms with Crippen LogP contribution in [-0.4, -0.2) is 66.6 Å². The van der Waals surface area contributed by atoms with E-state index in [1.807, 2.05) is 11.8 Å². The molecule has 0 aromatic heterocycles. The molecule has 2 amide bonds. The van der Waals surface area contributed by atoms with E-state index in [2.05, 4.69) is 5.32 Å². The molecule has 0 saturated carbocycles. The normalized spacial score (nSPS) is 15.4. The first-order chi connectivity index (χ1) is 20.0. The maximum absolute atomic E-state index is 13.3. The van der Waals surface area contributed by atoms with Gasteiger partial charge in [0.15, 0.2) is 0 Å². The number of nitrogens with one attached hydrogen (secondary N) is 1. The van der Waals surface area contributed by atoms with Crippen molar-refractivity contribution in [3.63, 3.8) is 0 Å². The van der Waals surface area contributed by atoms with E-state index in [4.69, 9.17) is 17.3 Å². The summed E-state index contributed by atoms with van der Waals surface area (Å²) in [5, 5.41) is 12.2. The fourth-order valence-electron chi connectivity index (χ4n) is 5.08. The molecule has 0 radical (unpaired) electrons. The van der Waals surface area contributed by atoms with Crippen LogP contribution in [0.3, 0.4) is 0 Å². The number of benzene rings is 3. The molecule has 0 unspecified atom stereocenters. The van der Waals surface area contributed by atoms with Gasteiger partial charge in [-0.05, 0) is 53.9 Å². The van der Waals surface area contributed by atoms with Gasteiger partial charge in [0.2, 0.25) is 0 Å². The Balaban J connectivity index is 1.65. The highest BCUT2D eigenvalue weighted by molar-refractivity contribution is 6.33. The predicted molar refractivity (Wildman–Crippen MR) is 154 cm³/mol. The number of carboxylic acids is 1. The number of nitrogens with zero attached hydrogens (tertiary/aromatic N) is 2. The number of carbonyl (C=O) groups excluding carboxylic acids is 2. The molecule has 1 aliphatic heterocycles. The van der Waals surface area contributed by atoms with Crippen LogP contribution in [0.4, 0.5) is 18.9 Å². The second kappa shape index (κ2) is 12.8. The standard InChI is InChI=1S/C30H30ClF3N4O4/c1-2-20-17-37(28(40)23-9-8-19(16-25(23)31)30(32,33)34)13-14-38(20)26-10-7-18(15-24(26)27(39)36-12-11-35)21-5-3-4-6-22(21)29(41)42/h3-10,15-16,20H,2,11-14,17,35H2,1H3,(H,36,39)(H,41,42)/t20-/m1/s1. The molecular weight excluding hydrogens is 573 g/mol. The Bertz CT molecular complexity index is 1500. The Morgan fingerprint density at radius 1 is 1.02 bits per heavy atom. The summed E-state index contributed by atoms with van der Waals surface area (Å²) < 4.78 is 39.2. The van der Waals surface area contributed by atoms with Crippen molar-refractivity contribution in [1.29, 1.82) is 0 Å². The summed E-state index contributed by atoms with van der Waals surface area (Å²) in [4.78, 5) is 42.0. The van der Waals surface area contributed by atoms with Gasteiger partial charge in [-0.1, -0.05) is 42.8 Å². The zero-order valence-corrected chi connectivity index (χ0v) is 23.5. The Labute approximate surface area is 245 Å². The third kappa shape index (κ3) is 6.52. The SMILES string of the molecule is CC[C@@H]1CN(C(=O)c2ccc(C(F)(F)F)cc2Cl)CCN1c1ccc(-c2ccccc2C(=O)O)cc1C(=O)NCCN. The number of rotatable bonds is 8. The van der Waals surface area contributed by atoms with Gasteiger partial charge in [0, 0.05) is 44.5 Å². The number of carboxylic acid groups (broad SMARTS) is 1. The summed E-state index contributed by atoms with van der Waals surface area (Å²) in [7, 11) is 0. The van der Waals surface area contributed by atoms with E-state index in [9.17, 15) is 32.7 Å². The number of anilines is 1. The first-order valence-electron chi connectivity index (χ1n) is 13.3. The van der Waals surface area contributed by atoms with Crippen LogP contribution in [0.15, 0.2) is 60.7 Å². The average Bonchev–Trinajstić information content (AvgIpc) is 2.98. The number of hydrogen-bond donors (Lipinski definition) is 3. The maximum Gasteiger partial charge on any atom is 0.416 e. The highest BCUT2D eigenvalue weighted by atomic mass is 35.5. The van der Waals surface area contributed by atoms with Crippen molar-refractivity contribution in [3.8, 4) is 11.1 Å². The van der Waals surface area contributed by atoms with Gasteiger partial charge in [0.25, 0.3) is 11.8 Å². The third-order valence-corrected chi connectivity index (χ3v) is 7.53. The zero-order valence-electron chi connectivity index (χ0n) is 22.7. The van der Waals surface area contributed by atoms with Crippen molar-refractivity contribution in [1.82, 2.24) is 10.2 Å². The lowest BCUT2D eigenvalue weighted by atomic mass is 9.95. The third-order valence-electron chi connectivity index (χ3n) is 7.22. The number of halogens is 4. The summed E-state index contributed by atoms with van der Waals surface area (Å²) in [5.41, 5.74) is 6.67. The second-order valence-corrected chi connectivity index (χ2v) is 10.2. The molecule has 1 atom stereocenters. The van der Waals surface area contributed by atoms with E-state index >= 15 is 0 Å². The molecule has 1 heterocycles. The number of hydrogen-bond acceptors (Lipinski definition) is 5. The van der Waals surface area contributed by atoms with Crippen molar-refractivity contribution in [2.45, 2.75) is 25.6 Å². The predicted octanol–water partition coefficient (Wildman–Crippen LogP) is 5.15. The molecule has 42 heavy (non-hydrogen) atoms. The van der Waals surface area contributed by atoms with Gasteiger partial charge in [-0.15, -0.1) is 0 Å². The molecule has 8 nitrogen and oxygen atoms in total. The molecular formula is C30H30ClF3N4O4. The molecule has 1 saturated heterocycles. The topological polar surface area (TPSA) is 116 Å². The summed E-state index contributed by atoms with van der Waals surface area (Å²) in [6, 6.07) is 14.1. The fraction of sp³-hybridized carbons (Fsp3) is 0.300. The summed E-state index contributed by atoms with van der Waals surface area (Å²) in [5.74, 6) is -1.95. The minimum Gasteiger partial charge on any atom is -0.478 e. The highest BCUT2D eigenvalue weighted by Gasteiger charge is 2.34. The van der Waals surface area contributed by atoms with Crippen molar-refractivity contribution in [2.75, 3.05) is 37.6 Å². The largest absolute Gasteiger partial charge is 0.478 e. The van der Waals surface area contributed by atoms with E-state index in [0.717, 1.165) is 18.2 Å². The molecule has 3 aromatic carbocycles. The van der Waals surface area contributed by atoms with Crippen molar-refractivity contribution >= 4 is 35.1 Å². The Hall–Kier alpha value is -4.09. The Kier molecular flexibility index (Phi) is 9.43. The van der Waals surface area contributed by atoms with Crippen LogP contribution in [0.25, 0.3) is 11.1 Å². The molecule has 222 valence electrons. The summed E-state index contributed by atoms with van der Waals surface area (Å²) in [6.45, 7) is 3.22. The van der Waals surface area contributed by atoms with Crippen LogP contribution in [0.2, 0.25) is 5.02 Å². The van der Waals surface area contributed by atoms with Crippen molar-refractivity contribution < 1.29 is 32.7 Å². The van der Waals surface area contributed by atoms with Crippen LogP contribution < -0.4 is 16.0 Å². The van der Waals surface area contributed by atoms with Crippen LogP contribution in [-0.2, 0) is 6.18 Å². The number of nitrogens with two attached hydrogens (primary N) is 1. The lowest BCUT2D eigenvalue weighted by Crippen LogP contribution is -2.55. The fourth-order valence-corrected chi connectivity index (χ4v) is 5.34. The lowest BCUT2D eigenvalue weighted by Gasteiger charge is -2.43. The van der Waals surface area contributed by atoms with E-state index in [1.165, 1.54) is 6.07 Å². The Morgan fingerprint density at radius 3 is 2.40 bits per heavy atom. The van der Waals surface area contributed by atoms with E-state index in [-0.39, 0.29) is 54.3 Å². The van der Waals surface area contributed by atoms with Gasteiger partial charge in [0.05, 0.1) is 27.3 Å². The molecule has 1 aliphatic rings. The van der Waals surface area contributed by atoms with E-state index in [0.29, 0.717) is 35.3 Å². The smallest absolute Gasteiger partial charge is 0.416 e. The van der Waals surface area contributed by atoms with Crippen molar-refractivity contribution in [2.24, 2.45) is 5.73 Å². The van der Waals surface area contributed by atoms with Gasteiger partial charge in [0.1, 0.15) is 0 Å². The first kappa shape index (κ1) is 30.9. The molecule has 3 aromatic rings. The zero-order chi connectivity index (χ0) is 30.6. The minimum atomic E-state index is -4.58. The average molecular weight is 603 g/mol. The Morgan fingerprint density at radius 2 is 1.76 bits per heavy atom. The van der Waals surface area contributed by atoms with Gasteiger partial charge in [-0.25, -0.2) is 4.79 Å². The van der Waals surface area contributed by atoms with E-state index < -0.39 is 23.6 Å².